The van der Waals surface area contributed by atoms with Gasteiger partial charge in [0.05, 0.1) is 0 Å². The van der Waals surface area contributed by atoms with E-state index in [4.69, 9.17) is 9.47 Å². The number of alkyl carbamates (subject to hydrolysis) is 1. The lowest BCUT2D eigenvalue weighted by atomic mass is 10.1. The molecule has 0 aromatic carbocycles. The van der Waals surface area contributed by atoms with Crippen molar-refractivity contribution in [2.24, 2.45) is 5.92 Å². The maximum atomic E-state index is 11.8. The number of nitrogens with one attached hydrogen (secondary N) is 1. The standard InChI is InChI=1S/C19H35NO4/c1-6-7-8-9-10-11-12-13-20-19(22)24-17(15(2)3)14-23-18(21)16(4)5/h15,17H,4,6-14H2,1-3,5H3,(H,20,22). The lowest BCUT2D eigenvalue weighted by Crippen LogP contribution is -2.35. The predicted molar refractivity (Wildman–Crippen MR) is 96.9 cm³/mol. The zero-order valence-corrected chi connectivity index (χ0v) is 15.9. The van der Waals surface area contributed by atoms with Gasteiger partial charge in [0.2, 0.25) is 0 Å². The van der Waals surface area contributed by atoms with Crippen LogP contribution in [-0.2, 0) is 14.3 Å². The van der Waals surface area contributed by atoms with Crippen molar-refractivity contribution in [2.45, 2.75) is 78.7 Å². The Kier molecular flexibility index (Phi) is 13.0. The first-order valence-corrected chi connectivity index (χ1v) is 9.15. The van der Waals surface area contributed by atoms with Gasteiger partial charge in [0.15, 0.2) is 0 Å². The molecule has 0 aliphatic carbocycles. The molecule has 0 aromatic heterocycles. The summed E-state index contributed by atoms with van der Waals surface area (Å²) in [5.74, 6) is -0.403. The van der Waals surface area contributed by atoms with Crippen molar-refractivity contribution in [3.63, 3.8) is 0 Å². The minimum Gasteiger partial charge on any atom is -0.458 e. The van der Waals surface area contributed by atoms with Crippen LogP contribution in [0.1, 0.15) is 72.6 Å². The SMILES string of the molecule is C=C(C)C(=O)OCC(OC(=O)NCCCCCCCCC)C(C)C. The number of amides is 1. The molecule has 0 spiro atoms. The minimum atomic E-state index is -0.465. The Balaban J connectivity index is 3.87. The molecule has 0 bridgehead atoms. The fourth-order valence-corrected chi connectivity index (χ4v) is 2.10. The number of carbonyl (C=O) groups excluding carboxylic acids is 2. The fourth-order valence-electron chi connectivity index (χ4n) is 2.10. The zero-order valence-electron chi connectivity index (χ0n) is 15.9. The van der Waals surface area contributed by atoms with E-state index in [9.17, 15) is 9.59 Å². The van der Waals surface area contributed by atoms with Crippen LogP contribution in [0, 0.1) is 5.92 Å². The van der Waals surface area contributed by atoms with E-state index >= 15 is 0 Å². The van der Waals surface area contributed by atoms with Crippen LogP contribution in [0.2, 0.25) is 0 Å². The quantitative estimate of drug-likeness (QED) is 0.302. The van der Waals surface area contributed by atoms with Gasteiger partial charge >= 0.3 is 12.1 Å². The fraction of sp³-hybridized carbons (Fsp3) is 0.789. The van der Waals surface area contributed by atoms with Gasteiger partial charge in [-0.15, -0.1) is 0 Å². The van der Waals surface area contributed by atoms with Gasteiger partial charge in [-0.05, 0) is 19.3 Å². The van der Waals surface area contributed by atoms with Gasteiger partial charge in [0, 0.05) is 12.1 Å². The van der Waals surface area contributed by atoms with Crippen LogP contribution in [0.15, 0.2) is 12.2 Å². The van der Waals surface area contributed by atoms with Crippen molar-refractivity contribution in [3.8, 4) is 0 Å². The average molecular weight is 341 g/mol. The highest BCUT2D eigenvalue weighted by atomic mass is 16.6. The molecule has 0 aromatic rings. The molecule has 1 amide bonds. The minimum absolute atomic E-state index is 0.0498. The summed E-state index contributed by atoms with van der Waals surface area (Å²) < 4.78 is 10.4. The largest absolute Gasteiger partial charge is 0.458 e. The second-order valence-corrected chi connectivity index (χ2v) is 6.61. The molecule has 0 aliphatic rings. The van der Waals surface area contributed by atoms with Gasteiger partial charge in [-0.1, -0.05) is 65.9 Å². The number of hydrogen-bond acceptors (Lipinski definition) is 4. The molecule has 0 aliphatic heterocycles. The molecule has 0 fully saturated rings. The Morgan fingerprint density at radius 1 is 1.04 bits per heavy atom. The highest BCUT2D eigenvalue weighted by Crippen LogP contribution is 2.09. The Morgan fingerprint density at radius 3 is 2.17 bits per heavy atom. The van der Waals surface area contributed by atoms with Gasteiger partial charge in [-0.2, -0.15) is 0 Å². The third kappa shape index (κ3) is 12.0. The molecule has 0 rings (SSSR count). The monoisotopic (exact) mass is 341 g/mol. The molecule has 0 saturated heterocycles. The average Bonchev–Trinajstić information content (AvgIpc) is 2.53. The molecular weight excluding hydrogens is 306 g/mol. The maximum absolute atomic E-state index is 11.8. The van der Waals surface area contributed by atoms with E-state index in [1.54, 1.807) is 6.92 Å². The topological polar surface area (TPSA) is 64.6 Å². The second-order valence-electron chi connectivity index (χ2n) is 6.61. The summed E-state index contributed by atoms with van der Waals surface area (Å²) in [6.45, 7) is 11.8. The number of hydrogen-bond donors (Lipinski definition) is 1. The smallest absolute Gasteiger partial charge is 0.407 e. The van der Waals surface area contributed by atoms with E-state index in [-0.39, 0.29) is 12.5 Å². The summed E-state index contributed by atoms with van der Waals surface area (Å²) in [5, 5.41) is 2.76. The van der Waals surface area contributed by atoms with Crippen molar-refractivity contribution in [2.75, 3.05) is 13.2 Å². The van der Waals surface area contributed by atoms with Crippen LogP contribution in [-0.4, -0.2) is 31.3 Å². The van der Waals surface area contributed by atoms with E-state index in [0.717, 1.165) is 12.8 Å². The van der Waals surface area contributed by atoms with E-state index in [1.807, 2.05) is 13.8 Å². The van der Waals surface area contributed by atoms with Crippen LogP contribution in [0.5, 0.6) is 0 Å². The molecule has 0 heterocycles. The maximum Gasteiger partial charge on any atom is 0.407 e. The van der Waals surface area contributed by atoms with Gasteiger partial charge in [0.1, 0.15) is 12.7 Å². The predicted octanol–water partition coefficient (Wildman–Crippen LogP) is 4.61. The van der Waals surface area contributed by atoms with E-state index in [1.165, 1.54) is 32.1 Å². The molecule has 5 nitrogen and oxygen atoms in total. The van der Waals surface area contributed by atoms with E-state index in [0.29, 0.717) is 12.1 Å². The van der Waals surface area contributed by atoms with Crippen molar-refractivity contribution in [1.29, 1.82) is 0 Å². The Morgan fingerprint density at radius 2 is 1.62 bits per heavy atom. The van der Waals surface area contributed by atoms with Crippen LogP contribution < -0.4 is 5.32 Å². The summed E-state index contributed by atoms with van der Waals surface area (Å²) in [6.07, 6.45) is 7.50. The van der Waals surface area contributed by atoms with Gasteiger partial charge < -0.3 is 14.8 Å². The van der Waals surface area contributed by atoms with Crippen molar-refractivity contribution >= 4 is 12.1 Å². The number of unbranched alkanes of at least 4 members (excludes halogenated alkanes) is 6. The Bertz CT molecular complexity index is 380. The van der Waals surface area contributed by atoms with E-state index in [2.05, 4.69) is 18.8 Å². The second kappa shape index (κ2) is 13.9. The highest BCUT2D eigenvalue weighted by molar-refractivity contribution is 5.86. The summed E-state index contributed by atoms with van der Waals surface area (Å²) in [6, 6.07) is 0. The molecular formula is C19H35NO4. The molecule has 0 saturated carbocycles. The van der Waals surface area contributed by atoms with Gasteiger partial charge in [-0.3, -0.25) is 0 Å². The van der Waals surface area contributed by atoms with Crippen molar-refractivity contribution < 1.29 is 19.1 Å². The molecule has 1 N–H and O–H groups in total. The number of esters is 1. The molecule has 5 heteroatoms. The van der Waals surface area contributed by atoms with Crippen LogP contribution >= 0.6 is 0 Å². The third-order valence-corrected chi connectivity index (χ3v) is 3.78. The normalized spacial score (nSPS) is 11.9. The molecule has 1 unspecified atom stereocenters. The summed E-state index contributed by atoms with van der Waals surface area (Å²) in [7, 11) is 0. The van der Waals surface area contributed by atoms with Crippen LogP contribution in [0.4, 0.5) is 4.79 Å². The summed E-state index contributed by atoms with van der Waals surface area (Å²) in [4.78, 5) is 23.2. The third-order valence-electron chi connectivity index (χ3n) is 3.78. The first-order valence-electron chi connectivity index (χ1n) is 9.15. The van der Waals surface area contributed by atoms with Gasteiger partial charge in [-0.25, -0.2) is 9.59 Å². The van der Waals surface area contributed by atoms with Crippen molar-refractivity contribution in [1.82, 2.24) is 5.32 Å². The highest BCUT2D eigenvalue weighted by Gasteiger charge is 2.20. The van der Waals surface area contributed by atoms with E-state index < -0.39 is 18.2 Å². The first-order chi connectivity index (χ1) is 11.4. The number of rotatable bonds is 13. The zero-order chi connectivity index (χ0) is 18.4. The molecule has 24 heavy (non-hydrogen) atoms. The molecule has 140 valence electrons. The summed E-state index contributed by atoms with van der Waals surface area (Å²) in [5.41, 5.74) is 0.334. The Hall–Kier alpha value is -1.52. The lowest BCUT2D eigenvalue weighted by Gasteiger charge is -2.21. The summed E-state index contributed by atoms with van der Waals surface area (Å²) >= 11 is 0. The van der Waals surface area contributed by atoms with Crippen LogP contribution in [0.25, 0.3) is 0 Å². The number of carbonyl (C=O) groups is 2. The van der Waals surface area contributed by atoms with Crippen molar-refractivity contribution in [3.05, 3.63) is 12.2 Å². The molecule has 1 atom stereocenters. The lowest BCUT2D eigenvalue weighted by molar-refractivity contribution is -0.142. The first kappa shape index (κ1) is 22.5. The molecule has 0 radical (unpaired) electrons. The van der Waals surface area contributed by atoms with Gasteiger partial charge in [0.25, 0.3) is 0 Å². The number of ether oxygens (including phenoxy) is 2. The Labute approximate surface area is 147 Å². The van der Waals surface area contributed by atoms with Crippen LogP contribution in [0.3, 0.4) is 0 Å².